The molecular formula is C21H23NO5. The fourth-order valence-corrected chi connectivity index (χ4v) is 4.59. The largest absolute Gasteiger partial charge is 0.500 e. The summed E-state index contributed by atoms with van der Waals surface area (Å²) in [5.74, 6) is -1.59. The van der Waals surface area contributed by atoms with Crippen molar-refractivity contribution in [1.82, 2.24) is 4.57 Å². The molecule has 1 aliphatic heterocycles. The summed E-state index contributed by atoms with van der Waals surface area (Å²) in [5, 5.41) is 19.9. The normalized spacial score (nSPS) is 20.1. The van der Waals surface area contributed by atoms with Crippen LogP contribution in [-0.4, -0.2) is 33.3 Å². The molecule has 1 aromatic heterocycles. The van der Waals surface area contributed by atoms with Crippen molar-refractivity contribution in [3.8, 4) is 0 Å². The molecule has 0 bridgehead atoms. The summed E-state index contributed by atoms with van der Waals surface area (Å²) in [6.07, 6.45) is 9.36. The predicted molar refractivity (Wildman–Crippen MR) is 100 cm³/mol. The number of hydrogen-bond donors (Lipinski definition) is 2. The van der Waals surface area contributed by atoms with Crippen LogP contribution in [0.2, 0.25) is 0 Å². The lowest BCUT2D eigenvalue weighted by Gasteiger charge is -2.24. The summed E-state index contributed by atoms with van der Waals surface area (Å²) >= 11 is 0. The maximum absolute atomic E-state index is 11.6. The lowest BCUT2D eigenvalue weighted by Crippen LogP contribution is -2.17. The fourth-order valence-electron chi connectivity index (χ4n) is 4.59. The summed E-state index contributed by atoms with van der Waals surface area (Å²) in [4.78, 5) is 23.1. The van der Waals surface area contributed by atoms with E-state index >= 15 is 0 Å². The first-order chi connectivity index (χ1) is 13.1. The molecule has 6 heteroatoms. The van der Waals surface area contributed by atoms with E-state index in [9.17, 15) is 19.8 Å². The van der Waals surface area contributed by atoms with Crippen LogP contribution < -0.4 is 0 Å². The summed E-state index contributed by atoms with van der Waals surface area (Å²) < 4.78 is 7.23. The molecule has 2 aliphatic rings. The second-order valence-corrected chi connectivity index (χ2v) is 7.42. The number of aromatic nitrogens is 1. The van der Waals surface area contributed by atoms with Crippen LogP contribution in [0, 0.1) is 0 Å². The van der Waals surface area contributed by atoms with Gasteiger partial charge in [-0.1, -0.05) is 25.3 Å². The van der Waals surface area contributed by atoms with Gasteiger partial charge in [-0.15, -0.1) is 0 Å². The van der Waals surface area contributed by atoms with Crippen molar-refractivity contribution in [2.45, 2.75) is 50.5 Å². The molecule has 2 N–H and O–H groups in total. The minimum atomic E-state index is -1.01. The number of aromatic carboxylic acids is 1. The van der Waals surface area contributed by atoms with Gasteiger partial charge in [-0.2, -0.15) is 0 Å². The third kappa shape index (κ3) is 3.20. The Morgan fingerprint density at radius 2 is 1.93 bits per heavy atom. The Bertz CT molecular complexity index is 920. The molecule has 142 valence electrons. The molecule has 2 heterocycles. The van der Waals surface area contributed by atoms with Gasteiger partial charge in [-0.3, -0.25) is 4.79 Å². The van der Waals surface area contributed by atoms with E-state index in [1.807, 2.05) is 12.1 Å². The molecule has 0 radical (unpaired) electrons. The highest BCUT2D eigenvalue weighted by Crippen LogP contribution is 2.43. The van der Waals surface area contributed by atoms with Crippen molar-refractivity contribution >= 4 is 22.8 Å². The van der Waals surface area contributed by atoms with Crippen LogP contribution in [0.3, 0.4) is 0 Å². The first kappa shape index (κ1) is 17.6. The van der Waals surface area contributed by atoms with E-state index in [1.165, 1.54) is 24.8 Å². The summed E-state index contributed by atoms with van der Waals surface area (Å²) in [6, 6.07) is 5.08. The molecule has 1 saturated carbocycles. The second-order valence-electron chi connectivity index (χ2n) is 7.42. The number of aliphatic carboxylic acids is 1. The first-order valence-electron chi connectivity index (χ1n) is 9.45. The smallest absolute Gasteiger partial charge is 0.335 e. The van der Waals surface area contributed by atoms with Crippen molar-refractivity contribution in [3.05, 3.63) is 47.4 Å². The van der Waals surface area contributed by atoms with Gasteiger partial charge in [0.15, 0.2) is 0 Å². The maximum Gasteiger partial charge on any atom is 0.335 e. The zero-order chi connectivity index (χ0) is 19.0. The Morgan fingerprint density at radius 1 is 1.15 bits per heavy atom. The number of carboxylic acids is 2. The molecule has 1 atom stereocenters. The van der Waals surface area contributed by atoms with Crippen LogP contribution in [-0.2, 0) is 16.1 Å². The lowest BCUT2D eigenvalue weighted by atomic mass is 9.81. The first-order valence-corrected chi connectivity index (χ1v) is 9.45. The number of benzene rings is 1. The molecule has 0 amide bonds. The average molecular weight is 369 g/mol. The number of nitrogens with zero attached hydrogens (tertiary/aromatic N) is 1. The summed E-state index contributed by atoms with van der Waals surface area (Å²) in [6.45, 7) is 0.299. The van der Waals surface area contributed by atoms with E-state index in [0.29, 0.717) is 18.0 Å². The third-order valence-electron chi connectivity index (χ3n) is 5.73. The minimum Gasteiger partial charge on any atom is -0.500 e. The maximum atomic E-state index is 11.6. The van der Waals surface area contributed by atoms with Gasteiger partial charge in [0.25, 0.3) is 0 Å². The monoisotopic (exact) mass is 369 g/mol. The van der Waals surface area contributed by atoms with Crippen LogP contribution in [0.15, 0.2) is 30.5 Å². The molecule has 6 nitrogen and oxygen atoms in total. The average Bonchev–Trinajstić information content (AvgIpc) is 3.28. The van der Waals surface area contributed by atoms with Gasteiger partial charge in [0, 0.05) is 16.6 Å². The van der Waals surface area contributed by atoms with Crippen molar-refractivity contribution in [3.63, 3.8) is 0 Å². The number of carbonyl (C=O) groups is 2. The summed E-state index contributed by atoms with van der Waals surface area (Å²) in [7, 11) is 0. The third-order valence-corrected chi connectivity index (χ3v) is 5.73. The molecule has 2 aromatic rings. The zero-order valence-corrected chi connectivity index (χ0v) is 15.1. The molecule has 27 heavy (non-hydrogen) atoms. The van der Waals surface area contributed by atoms with Crippen LogP contribution in [0.5, 0.6) is 0 Å². The zero-order valence-electron chi connectivity index (χ0n) is 15.1. The highest BCUT2D eigenvalue weighted by atomic mass is 16.5. The Kier molecular flexibility index (Phi) is 4.64. The molecule has 1 fully saturated rings. The van der Waals surface area contributed by atoms with E-state index in [0.717, 1.165) is 23.9 Å². The van der Waals surface area contributed by atoms with Crippen LogP contribution in [0.25, 0.3) is 10.9 Å². The number of ether oxygens (including phenoxy) is 1. The van der Waals surface area contributed by atoms with E-state index in [-0.39, 0.29) is 18.0 Å². The van der Waals surface area contributed by atoms with Gasteiger partial charge in [0.2, 0.25) is 0 Å². The molecule has 1 unspecified atom stereocenters. The molecule has 1 aromatic carbocycles. The Hall–Kier alpha value is -2.76. The van der Waals surface area contributed by atoms with Gasteiger partial charge in [-0.25, -0.2) is 4.79 Å². The van der Waals surface area contributed by atoms with Crippen molar-refractivity contribution in [2.75, 3.05) is 6.61 Å². The second kappa shape index (κ2) is 7.10. The molecule has 0 spiro atoms. The molecule has 1 aliphatic carbocycles. The standard InChI is InChI=1S/C21H23NO5/c23-18(24)11-22-17-10-14(21(25)26)6-7-16(17)19(13-4-2-1-3-5-13)20(22)15-8-9-27-12-15/h6-10,13,15H,1-5,11-12H2,(H,23,24)(H,25,26). The van der Waals surface area contributed by atoms with Crippen LogP contribution in [0.1, 0.15) is 65.6 Å². The Morgan fingerprint density at radius 3 is 2.56 bits per heavy atom. The highest BCUT2D eigenvalue weighted by Gasteiger charge is 2.31. The van der Waals surface area contributed by atoms with Gasteiger partial charge in [0.1, 0.15) is 6.54 Å². The van der Waals surface area contributed by atoms with Crippen molar-refractivity contribution in [2.24, 2.45) is 0 Å². The van der Waals surface area contributed by atoms with Gasteiger partial charge in [0.05, 0.1) is 24.4 Å². The number of fused-ring (bicyclic) bond motifs is 1. The van der Waals surface area contributed by atoms with Gasteiger partial charge >= 0.3 is 11.9 Å². The van der Waals surface area contributed by atoms with Crippen LogP contribution in [0.4, 0.5) is 0 Å². The topological polar surface area (TPSA) is 88.8 Å². The van der Waals surface area contributed by atoms with E-state index in [2.05, 4.69) is 0 Å². The van der Waals surface area contributed by atoms with Gasteiger partial charge in [-0.05, 0) is 42.5 Å². The highest BCUT2D eigenvalue weighted by molar-refractivity contribution is 5.96. The van der Waals surface area contributed by atoms with E-state index in [1.54, 1.807) is 23.0 Å². The quantitative estimate of drug-likeness (QED) is 0.828. The molecule has 0 saturated heterocycles. The number of rotatable bonds is 5. The number of carboxylic acid groups (broad SMARTS) is 2. The lowest BCUT2D eigenvalue weighted by molar-refractivity contribution is -0.137. The predicted octanol–water partition coefficient (Wildman–Crippen LogP) is 4.10. The summed E-state index contributed by atoms with van der Waals surface area (Å²) in [5.41, 5.74) is 3.01. The van der Waals surface area contributed by atoms with E-state index < -0.39 is 11.9 Å². The van der Waals surface area contributed by atoms with Crippen LogP contribution >= 0.6 is 0 Å². The fraction of sp³-hybridized carbons (Fsp3) is 0.429. The minimum absolute atomic E-state index is 0.0121. The van der Waals surface area contributed by atoms with E-state index in [4.69, 9.17) is 4.74 Å². The molecular weight excluding hydrogens is 346 g/mol. The SMILES string of the molecule is O=C(O)Cn1c(C2C=COC2)c(C2CCCCC2)c2ccc(C(=O)O)cc21. The molecule has 4 rings (SSSR count). The Labute approximate surface area is 157 Å². The van der Waals surface area contributed by atoms with Crippen molar-refractivity contribution in [1.29, 1.82) is 0 Å². The van der Waals surface area contributed by atoms with Crippen molar-refractivity contribution < 1.29 is 24.5 Å². The van der Waals surface area contributed by atoms with Gasteiger partial charge < -0.3 is 19.5 Å². The number of hydrogen-bond acceptors (Lipinski definition) is 3. The Balaban J connectivity index is 1.99.